The molecule has 0 aromatic heterocycles. The van der Waals surface area contributed by atoms with Gasteiger partial charge in [-0.15, -0.1) is 0 Å². The summed E-state index contributed by atoms with van der Waals surface area (Å²) in [5.74, 6) is -2.45. The predicted octanol–water partition coefficient (Wildman–Crippen LogP) is 6.47. The Balaban J connectivity index is 1.75. The van der Waals surface area contributed by atoms with Gasteiger partial charge in [0.2, 0.25) is 0 Å². The van der Waals surface area contributed by atoms with Crippen molar-refractivity contribution in [2.24, 2.45) is 4.99 Å². The number of nitrogens with zero attached hydrogens (tertiary/aromatic N) is 2. The fourth-order valence-corrected chi connectivity index (χ4v) is 3.82. The Morgan fingerprint density at radius 3 is 1.86 bits per heavy atom. The number of alkyl halides is 6. The number of hydrogen-bond donors (Lipinski definition) is 0. The molecule has 4 nitrogen and oxygen atoms in total. The maximum Gasteiger partial charge on any atom is 0.493 e. The zero-order valence-corrected chi connectivity index (χ0v) is 17.9. The molecule has 0 saturated heterocycles. The van der Waals surface area contributed by atoms with Crippen LogP contribution in [0.4, 0.5) is 26.3 Å². The Bertz CT molecular complexity index is 1190. The van der Waals surface area contributed by atoms with Gasteiger partial charge >= 0.3 is 18.3 Å². The van der Waals surface area contributed by atoms with E-state index in [0.29, 0.717) is 16.7 Å². The lowest BCUT2D eigenvalue weighted by Gasteiger charge is -2.29. The van der Waals surface area contributed by atoms with Crippen molar-refractivity contribution in [1.82, 2.24) is 5.06 Å². The van der Waals surface area contributed by atoms with Crippen molar-refractivity contribution in [1.29, 1.82) is 0 Å². The third-order valence-electron chi connectivity index (χ3n) is 5.43. The number of rotatable bonds is 5. The molecule has 0 fully saturated rings. The Morgan fingerprint density at radius 1 is 0.800 bits per heavy atom. The first kappa shape index (κ1) is 24.3. The third-order valence-corrected chi connectivity index (χ3v) is 5.43. The first-order valence-corrected chi connectivity index (χ1v) is 10.4. The summed E-state index contributed by atoms with van der Waals surface area (Å²) in [6.07, 6.45) is -9.95. The number of carbonyl (C=O) groups is 1. The van der Waals surface area contributed by atoms with Gasteiger partial charge in [-0.2, -0.15) is 31.4 Å². The molecule has 0 aliphatic carbocycles. The molecule has 1 aliphatic rings. The van der Waals surface area contributed by atoms with E-state index in [4.69, 9.17) is 4.84 Å². The minimum atomic E-state index is -5.26. The smallest absolute Gasteiger partial charge is 0.330 e. The molecule has 3 aromatic carbocycles. The zero-order chi connectivity index (χ0) is 25.2. The van der Waals surface area contributed by atoms with Crippen LogP contribution in [0.1, 0.15) is 34.3 Å². The molecule has 0 N–H and O–H groups in total. The summed E-state index contributed by atoms with van der Waals surface area (Å²) in [5, 5.41) is 0.820. The molecule has 3 aromatic rings. The molecule has 0 bridgehead atoms. The van der Waals surface area contributed by atoms with E-state index in [1.165, 1.54) is 12.1 Å². The van der Waals surface area contributed by atoms with Crippen molar-refractivity contribution in [3.05, 3.63) is 107 Å². The summed E-state index contributed by atoms with van der Waals surface area (Å²) in [5.41, 5.74) is 0.698. The molecule has 4 rings (SSSR count). The number of carbonyl (C=O) groups excluding carboxylic acids is 1. The van der Waals surface area contributed by atoms with Crippen LogP contribution in [-0.4, -0.2) is 23.0 Å². The van der Waals surface area contributed by atoms with Crippen molar-refractivity contribution < 1.29 is 36.0 Å². The molecule has 1 heterocycles. The molecular formula is C25H18F6N2O2. The average molecular weight is 492 g/mol. The van der Waals surface area contributed by atoms with Gasteiger partial charge < -0.3 is 4.84 Å². The molecule has 0 spiro atoms. The van der Waals surface area contributed by atoms with Crippen LogP contribution in [0.15, 0.2) is 89.9 Å². The number of amidine groups is 1. The lowest BCUT2D eigenvalue weighted by atomic mass is 9.94. The topological polar surface area (TPSA) is 41.9 Å². The van der Waals surface area contributed by atoms with E-state index >= 15 is 0 Å². The second kappa shape index (κ2) is 9.44. The largest absolute Gasteiger partial charge is 0.493 e. The van der Waals surface area contributed by atoms with Gasteiger partial charge in [0.05, 0.1) is 5.56 Å². The van der Waals surface area contributed by atoms with Gasteiger partial charge in [0.1, 0.15) is 17.9 Å². The second-order valence-electron chi connectivity index (χ2n) is 7.83. The SMILES string of the molecule is O=C(ON1C(Cc2ccc(C(F)(F)F)cc2)=NC(c2ccccc2)C1c1ccccc1)C(F)(F)F. The van der Waals surface area contributed by atoms with Crippen LogP contribution in [0, 0.1) is 0 Å². The highest BCUT2D eigenvalue weighted by molar-refractivity contribution is 5.88. The fraction of sp³-hybridized carbons (Fsp3) is 0.200. The van der Waals surface area contributed by atoms with E-state index in [1.807, 2.05) is 0 Å². The monoisotopic (exact) mass is 492 g/mol. The zero-order valence-electron chi connectivity index (χ0n) is 17.9. The Hall–Kier alpha value is -3.82. The maximum absolute atomic E-state index is 13.1. The van der Waals surface area contributed by atoms with E-state index < -0.39 is 36.0 Å². The van der Waals surface area contributed by atoms with Crippen LogP contribution in [-0.2, 0) is 22.2 Å². The maximum atomic E-state index is 13.1. The Labute approximate surface area is 196 Å². The van der Waals surface area contributed by atoms with E-state index in [-0.39, 0.29) is 12.3 Å². The minimum absolute atomic E-state index is 0.0231. The summed E-state index contributed by atoms with van der Waals surface area (Å²) in [7, 11) is 0. The van der Waals surface area contributed by atoms with Gasteiger partial charge in [0.15, 0.2) is 0 Å². The molecule has 0 radical (unpaired) electrons. The highest BCUT2D eigenvalue weighted by atomic mass is 19.4. The van der Waals surface area contributed by atoms with Crippen molar-refractivity contribution in [2.45, 2.75) is 30.9 Å². The van der Waals surface area contributed by atoms with E-state index in [0.717, 1.165) is 17.2 Å². The average Bonchev–Trinajstić information content (AvgIpc) is 3.17. The molecule has 2 unspecified atom stereocenters. The molecule has 35 heavy (non-hydrogen) atoms. The molecule has 182 valence electrons. The summed E-state index contributed by atoms with van der Waals surface area (Å²) in [6, 6.07) is 19.7. The first-order chi connectivity index (χ1) is 16.5. The van der Waals surface area contributed by atoms with Crippen LogP contribution in [0.5, 0.6) is 0 Å². The van der Waals surface area contributed by atoms with Crippen LogP contribution < -0.4 is 0 Å². The van der Waals surface area contributed by atoms with Crippen molar-refractivity contribution in [3.8, 4) is 0 Å². The van der Waals surface area contributed by atoms with Crippen LogP contribution in [0.25, 0.3) is 0 Å². The fourth-order valence-electron chi connectivity index (χ4n) is 3.82. The summed E-state index contributed by atoms with van der Waals surface area (Å²) in [4.78, 5) is 21.2. The van der Waals surface area contributed by atoms with E-state index in [1.54, 1.807) is 60.7 Å². The summed E-state index contributed by atoms with van der Waals surface area (Å²) < 4.78 is 78.1. The molecule has 1 aliphatic heterocycles. The third kappa shape index (κ3) is 5.47. The van der Waals surface area contributed by atoms with Gasteiger partial charge in [-0.3, -0.25) is 4.99 Å². The molecular weight excluding hydrogens is 474 g/mol. The predicted molar refractivity (Wildman–Crippen MR) is 115 cm³/mol. The number of halogens is 6. The van der Waals surface area contributed by atoms with E-state index in [9.17, 15) is 31.1 Å². The minimum Gasteiger partial charge on any atom is -0.330 e. The lowest BCUT2D eigenvalue weighted by molar-refractivity contribution is -0.230. The van der Waals surface area contributed by atoms with Gasteiger partial charge in [0.25, 0.3) is 0 Å². The molecule has 2 atom stereocenters. The van der Waals surface area contributed by atoms with Crippen LogP contribution >= 0.6 is 0 Å². The molecule has 0 amide bonds. The highest BCUT2D eigenvalue weighted by Gasteiger charge is 2.47. The first-order valence-electron chi connectivity index (χ1n) is 10.4. The molecule has 10 heteroatoms. The van der Waals surface area contributed by atoms with Gasteiger partial charge in [-0.25, -0.2) is 4.79 Å². The van der Waals surface area contributed by atoms with Gasteiger partial charge in [0, 0.05) is 6.42 Å². The number of benzene rings is 3. The van der Waals surface area contributed by atoms with Gasteiger partial charge in [-0.05, 0) is 28.8 Å². The Kier molecular flexibility index (Phi) is 6.56. The summed E-state index contributed by atoms with van der Waals surface area (Å²) >= 11 is 0. The summed E-state index contributed by atoms with van der Waals surface area (Å²) in [6.45, 7) is 0. The lowest BCUT2D eigenvalue weighted by Crippen LogP contribution is -2.39. The number of aliphatic imine (C=N–C) groups is 1. The quantitative estimate of drug-likeness (QED) is 0.384. The molecule has 0 saturated carbocycles. The Morgan fingerprint density at radius 2 is 1.34 bits per heavy atom. The van der Waals surface area contributed by atoms with Crippen LogP contribution in [0.3, 0.4) is 0 Å². The number of hydroxylamine groups is 2. The standard InChI is InChI=1S/C25H18F6N2O2/c26-24(27,28)19-13-11-16(12-14-19)15-20-32-21(17-7-3-1-4-8-17)22(18-9-5-2-6-10-18)33(20)35-23(34)25(29,30)31/h1-14,21-22H,15H2. The van der Waals surface area contributed by atoms with Crippen molar-refractivity contribution in [3.63, 3.8) is 0 Å². The van der Waals surface area contributed by atoms with E-state index in [2.05, 4.69) is 4.99 Å². The second-order valence-corrected chi connectivity index (χ2v) is 7.83. The van der Waals surface area contributed by atoms with Crippen molar-refractivity contribution in [2.75, 3.05) is 0 Å². The van der Waals surface area contributed by atoms with Gasteiger partial charge in [-0.1, -0.05) is 72.8 Å². The van der Waals surface area contributed by atoms with Crippen molar-refractivity contribution >= 4 is 11.8 Å². The number of hydrogen-bond acceptors (Lipinski definition) is 4. The normalized spacial score (nSPS) is 18.3. The highest BCUT2D eigenvalue weighted by Crippen LogP contribution is 2.43. The van der Waals surface area contributed by atoms with Crippen LogP contribution in [0.2, 0.25) is 0 Å².